The van der Waals surface area contributed by atoms with Crippen molar-refractivity contribution in [2.24, 2.45) is 23.5 Å². The van der Waals surface area contributed by atoms with Crippen molar-refractivity contribution in [1.82, 2.24) is 0 Å². The van der Waals surface area contributed by atoms with Crippen LogP contribution in [0.25, 0.3) is 0 Å². The van der Waals surface area contributed by atoms with E-state index in [1.165, 1.54) is 30.4 Å². The van der Waals surface area contributed by atoms with Crippen LogP contribution in [-0.2, 0) is 0 Å². The average Bonchev–Trinajstić information content (AvgIpc) is 2.39. The Bertz CT molecular complexity index is 366. The van der Waals surface area contributed by atoms with E-state index in [2.05, 4.69) is 45.0 Å². The molecule has 0 radical (unpaired) electrons. The second-order valence-electron chi connectivity index (χ2n) is 6.33. The average molecular weight is 245 g/mol. The standard InChI is InChI=1S/C17H27N/c1-12(2)15-8-9-16(11-18)17(10-15)14-6-4-13(3)5-7-14/h4-7,12,15-17H,8-11,18H2,1-3H3. The van der Waals surface area contributed by atoms with Gasteiger partial charge in [0.1, 0.15) is 0 Å². The van der Waals surface area contributed by atoms with Crippen molar-refractivity contribution in [3.63, 3.8) is 0 Å². The predicted octanol–water partition coefficient (Wildman–Crippen LogP) is 4.11. The lowest BCUT2D eigenvalue weighted by Gasteiger charge is -2.37. The first-order valence-corrected chi connectivity index (χ1v) is 7.38. The summed E-state index contributed by atoms with van der Waals surface area (Å²) in [6.07, 6.45) is 3.99. The zero-order valence-corrected chi connectivity index (χ0v) is 12.0. The molecule has 0 aromatic heterocycles. The molecule has 3 unspecified atom stereocenters. The normalized spacial score (nSPS) is 28.6. The quantitative estimate of drug-likeness (QED) is 0.852. The second-order valence-corrected chi connectivity index (χ2v) is 6.33. The van der Waals surface area contributed by atoms with Gasteiger partial charge in [-0.15, -0.1) is 0 Å². The van der Waals surface area contributed by atoms with E-state index in [-0.39, 0.29) is 0 Å². The Hall–Kier alpha value is -0.820. The van der Waals surface area contributed by atoms with Crippen LogP contribution in [0.5, 0.6) is 0 Å². The molecule has 18 heavy (non-hydrogen) atoms. The molecular weight excluding hydrogens is 218 g/mol. The molecule has 1 saturated carbocycles. The van der Waals surface area contributed by atoms with E-state index < -0.39 is 0 Å². The maximum absolute atomic E-state index is 5.98. The van der Waals surface area contributed by atoms with Gasteiger partial charge in [0, 0.05) is 0 Å². The van der Waals surface area contributed by atoms with Crippen LogP contribution in [-0.4, -0.2) is 6.54 Å². The highest BCUT2D eigenvalue weighted by atomic mass is 14.6. The van der Waals surface area contributed by atoms with Gasteiger partial charge in [0.05, 0.1) is 0 Å². The molecule has 2 N–H and O–H groups in total. The van der Waals surface area contributed by atoms with Gasteiger partial charge in [0.15, 0.2) is 0 Å². The Morgan fingerprint density at radius 2 is 1.83 bits per heavy atom. The molecule has 3 atom stereocenters. The molecule has 0 spiro atoms. The molecule has 1 heteroatoms. The van der Waals surface area contributed by atoms with Gasteiger partial charge >= 0.3 is 0 Å². The second kappa shape index (κ2) is 5.88. The van der Waals surface area contributed by atoms with Gasteiger partial charge < -0.3 is 5.73 Å². The van der Waals surface area contributed by atoms with Crippen LogP contribution in [0.1, 0.15) is 50.2 Å². The highest BCUT2D eigenvalue weighted by Crippen LogP contribution is 2.42. The zero-order chi connectivity index (χ0) is 13.1. The number of hydrogen-bond donors (Lipinski definition) is 1. The summed E-state index contributed by atoms with van der Waals surface area (Å²) in [4.78, 5) is 0. The van der Waals surface area contributed by atoms with Crippen LogP contribution >= 0.6 is 0 Å². The van der Waals surface area contributed by atoms with Crippen LogP contribution in [0.4, 0.5) is 0 Å². The molecule has 0 heterocycles. The van der Waals surface area contributed by atoms with E-state index in [1.807, 2.05) is 0 Å². The molecule has 1 aromatic carbocycles. The predicted molar refractivity (Wildman–Crippen MR) is 78.6 cm³/mol. The molecule has 0 bridgehead atoms. The first-order chi connectivity index (χ1) is 8.61. The molecule has 0 saturated heterocycles. The van der Waals surface area contributed by atoms with Crippen molar-refractivity contribution in [3.8, 4) is 0 Å². The van der Waals surface area contributed by atoms with Crippen LogP contribution < -0.4 is 5.73 Å². The van der Waals surface area contributed by atoms with Crippen molar-refractivity contribution >= 4 is 0 Å². The summed E-state index contributed by atoms with van der Waals surface area (Å²) < 4.78 is 0. The summed E-state index contributed by atoms with van der Waals surface area (Å²) in [6.45, 7) is 7.71. The van der Waals surface area contributed by atoms with Crippen molar-refractivity contribution in [1.29, 1.82) is 0 Å². The largest absolute Gasteiger partial charge is 0.330 e. The molecule has 1 aromatic rings. The van der Waals surface area contributed by atoms with E-state index in [1.54, 1.807) is 0 Å². The van der Waals surface area contributed by atoms with E-state index >= 15 is 0 Å². The maximum Gasteiger partial charge on any atom is -0.00430 e. The van der Waals surface area contributed by atoms with Gasteiger partial charge in [-0.2, -0.15) is 0 Å². The minimum absolute atomic E-state index is 0.678. The third-order valence-corrected chi connectivity index (χ3v) is 4.79. The SMILES string of the molecule is Cc1ccc(C2CC(C(C)C)CCC2CN)cc1. The van der Waals surface area contributed by atoms with Gasteiger partial charge in [-0.25, -0.2) is 0 Å². The number of aryl methyl sites for hydroxylation is 1. The summed E-state index contributed by atoms with van der Waals surface area (Å²) in [5.41, 5.74) is 8.83. The number of benzene rings is 1. The van der Waals surface area contributed by atoms with E-state index in [4.69, 9.17) is 5.73 Å². The molecule has 1 aliphatic rings. The molecule has 0 aliphatic heterocycles. The smallest absolute Gasteiger partial charge is 0.00430 e. The highest BCUT2D eigenvalue weighted by Gasteiger charge is 2.31. The van der Waals surface area contributed by atoms with Gasteiger partial charge in [-0.05, 0) is 62.0 Å². The minimum Gasteiger partial charge on any atom is -0.330 e. The minimum atomic E-state index is 0.678. The number of nitrogens with two attached hydrogens (primary N) is 1. The lowest BCUT2D eigenvalue weighted by atomic mass is 9.68. The Morgan fingerprint density at radius 1 is 1.17 bits per heavy atom. The van der Waals surface area contributed by atoms with Crippen LogP contribution in [0.3, 0.4) is 0 Å². The van der Waals surface area contributed by atoms with E-state index in [9.17, 15) is 0 Å². The summed E-state index contributed by atoms with van der Waals surface area (Å²) in [5.74, 6) is 3.04. The molecule has 100 valence electrons. The zero-order valence-electron chi connectivity index (χ0n) is 12.0. The van der Waals surface area contributed by atoms with E-state index in [0.717, 1.165) is 18.4 Å². The molecule has 1 aliphatic carbocycles. The Morgan fingerprint density at radius 3 is 2.39 bits per heavy atom. The summed E-state index contributed by atoms with van der Waals surface area (Å²) in [6, 6.07) is 9.10. The molecular formula is C17H27N. The summed E-state index contributed by atoms with van der Waals surface area (Å²) in [5, 5.41) is 0. The van der Waals surface area contributed by atoms with Gasteiger partial charge in [0.2, 0.25) is 0 Å². The monoisotopic (exact) mass is 245 g/mol. The number of hydrogen-bond acceptors (Lipinski definition) is 1. The fourth-order valence-electron chi connectivity index (χ4n) is 3.38. The molecule has 1 nitrogen and oxygen atoms in total. The molecule has 0 amide bonds. The first kappa shape index (κ1) is 13.6. The van der Waals surface area contributed by atoms with Gasteiger partial charge in [-0.1, -0.05) is 43.7 Å². The lowest BCUT2D eigenvalue weighted by Crippen LogP contribution is -2.30. The fourth-order valence-corrected chi connectivity index (χ4v) is 3.38. The summed E-state index contributed by atoms with van der Waals surface area (Å²) in [7, 11) is 0. The molecule has 2 rings (SSSR count). The van der Waals surface area contributed by atoms with Crippen molar-refractivity contribution < 1.29 is 0 Å². The van der Waals surface area contributed by atoms with Gasteiger partial charge in [-0.3, -0.25) is 0 Å². The number of rotatable bonds is 3. The Labute approximate surface area is 112 Å². The lowest BCUT2D eigenvalue weighted by molar-refractivity contribution is 0.197. The van der Waals surface area contributed by atoms with E-state index in [0.29, 0.717) is 11.8 Å². The van der Waals surface area contributed by atoms with Crippen LogP contribution in [0.15, 0.2) is 24.3 Å². The maximum atomic E-state index is 5.98. The topological polar surface area (TPSA) is 26.0 Å². The molecule has 1 fully saturated rings. The Balaban J connectivity index is 2.18. The Kier molecular flexibility index (Phi) is 4.45. The van der Waals surface area contributed by atoms with Crippen LogP contribution in [0.2, 0.25) is 0 Å². The first-order valence-electron chi connectivity index (χ1n) is 7.38. The fraction of sp³-hybridized carbons (Fsp3) is 0.647. The third-order valence-electron chi connectivity index (χ3n) is 4.79. The van der Waals surface area contributed by atoms with Crippen LogP contribution in [0, 0.1) is 24.7 Å². The third kappa shape index (κ3) is 2.95. The van der Waals surface area contributed by atoms with Gasteiger partial charge in [0.25, 0.3) is 0 Å². The highest BCUT2D eigenvalue weighted by molar-refractivity contribution is 5.25. The van der Waals surface area contributed by atoms with Crippen molar-refractivity contribution in [2.75, 3.05) is 6.54 Å². The van der Waals surface area contributed by atoms with Crippen molar-refractivity contribution in [2.45, 2.75) is 46.0 Å². The summed E-state index contributed by atoms with van der Waals surface area (Å²) >= 11 is 0. The van der Waals surface area contributed by atoms with Crippen molar-refractivity contribution in [3.05, 3.63) is 35.4 Å².